The van der Waals surface area contributed by atoms with Crippen molar-refractivity contribution in [3.63, 3.8) is 0 Å². The van der Waals surface area contributed by atoms with Gasteiger partial charge in [0.05, 0.1) is 5.69 Å². The summed E-state index contributed by atoms with van der Waals surface area (Å²) in [7, 11) is 0. The molecule has 9 heteroatoms. The Morgan fingerprint density at radius 2 is 1.71 bits per heavy atom. The molecule has 2 aromatic carbocycles. The van der Waals surface area contributed by atoms with Gasteiger partial charge in [-0.2, -0.15) is 0 Å². The largest absolute Gasteiger partial charge is 0.484 e. The first-order chi connectivity index (χ1) is 13.3. The third kappa shape index (κ3) is 4.18. The second-order valence-corrected chi connectivity index (χ2v) is 6.19. The molecule has 0 radical (unpaired) electrons. The first-order valence-electron chi connectivity index (χ1n) is 8.03. The van der Waals surface area contributed by atoms with Gasteiger partial charge in [0, 0.05) is 5.02 Å². The zero-order valence-electron chi connectivity index (χ0n) is 14.3. The highest BCUT2D eigenvalue weighted by Gasteiger charge is 2.36. The van der Waals surface area contributed by atoms with Crippen molar-refractivity contribution in [3.05, 3.63) is 64.7 Å². The number of benzene rings is 2. The number of ether oxygens (including phenoxy) is 1. The maximum absolute atomic E-state index is 12.7. The van der Waals surface area contributed by atoms with E-state index in [4.69, 9.17) is 22.1 Å². The molecule has 0 spiro atoms. The van der Waals surface area contributed by atoms with Crippen molar-refractivity contribution < 1.29 is 23.9 Å². The Hall–Kier alpha value is -3.65. The van der Waals surface area contributed by atoms with Gasteiger partial charge < -0.3 is 10.5 Å². The lowest BCUT2D eigenvalue weighted by molar-refractivity contribution is -0.123. The van der Waals surface area contributed by atoms with Crippen LogP contribution in [0.15, 0.2) is 54.1 Å². The quantitative estimate of drug-likeness (QED) is 0.587. The van der Waals surface area contributed by atoms with E-state index < -0.39 is 23.8 Å². The van der Waals surface area contributed by atoms with Gasteiger partial charge in [-0.1, -0.05) is 23.7 Å². The fraction of sp³-hybridized carbons (Fsp3) is 0.0526. The summed E-state index contributed by atoms with van der Waals surface area (Å²) in [5, 5.41) is 2.58. The summed E-state index contributed by atoms with van der Waals surface area (Å²) in [6, 6.07) is 11.5. The SMILES string of the molecule is NC(=O)COc1ccc(C=C2C(=O)NC(=O)N(c3ccc(Cl)cc3)C2=O)cc1. The van der Waals surface area contributed by atoms with Gasteiger partial charge in [-0.05, 0) is 48.0 Å². The van der Waals surface area contributed by atoms with Crippen molar-refractivity contribution >= 4 is 47.1 Å². The number of nitrogens with two attached hydrogens (primary N) is 1. The highest BCUT2D eigenvalue weighted by atomic mass is 35.5. The molecular weight excluding hydrogens is 386 g/mol. The lowest BCUT2D eigenvalue weighted by atomic mass is 10.1. The Labute approximate surface area is 164 Å². The van der Waals surface area contributed by atoms with Crippen LogP contribution in [-0.4, -0.2) is 30.4 Å². The van der Waals surface area contributed by atoms with E-state index in [-0.39, 0.29) is 17.9 Å². The monoisotopic (exact) mass is 399 g/mol. The van der Waals surface area contributed by atoms with Crippen molar-refractivity contribution in [2.75, 3.05) is 11.5 Å². The summed E-state index contributed by atoms with van der Waals surface area (Å²) in [6.45, 7) is -0.264. The molecule has 0 aliphatic carbocycles. The molecule has 0 bridgehead atoms. The predicted molar refractivity (Wildman–Crippen MR) is 102 cm³/mol. The van der Waals surface area contributed by atoms with Crippen LogP contribution in [0.4, 0.5) is 10.5 Å². The molecule has 0 unspecified atom stereocenters. The molecule has 0 aromatic heterocycles. The van der Waals surface area contributed by atoms with Gasteiger partial charge in [0.25, 0.3) is 17.7 Å². The number of amides is 5. The zero-order valence-corrected chi connectivity index (χ0v) is 15.1. The van der Waals surface area contributed by atoms with E-state index >= 15 is 0 Å². The number of hydrogen-bond acceptors (Lipinski definition) is 5. The van der Waals surface area contributed by atoms with Gasteiger partial charge in [-0.15, -0.1) is 0 Å². The topological polar surface area (TPSA) is 119 Å². The van der Waals surface area contributed by atoms with Crippen LogP contribution < -0.4 is 20.7 Å². The van der Waals surface area contributed by atoms with Crippen molar-refractivity contribution in [2.24, 2.45) is 5.73 Å². The number of barbiturate groups is 1. The minimum absolute atomic E-state index is 0.208. The fourth-order valence-corrected chi connectivity index (χ4v) is 2.59. The van der Waals surface area contributed by atoms with E-state index in [0.717, 1.165) is 4.90 Å². The molecule has 1 aliphatic heterocycles. The minimum atomic E-state index is -0.843. The standard InChI is InChI=1S/C19H14ClN3O5/c20-12-3-5-13(6-4-12)23-18(26)15(17(25)22-19(23)27)9-11-1-7-14(8-2-11)28-10-16(21)24/h1-9H,10H2,(H2,21,24)(H,22,25,27). The number of nitrogens with one attached hydrogen (secondary N) is 1. The first-order valence-corrected chi connectivity index (χ1v) is 8.41. The molecule has 1 aliphatic rings. The number of carbonyl (C=O) groups is 4. The number of nitrogens with zero attached hydrogens (tertiary/aromatic N) is 1. The highest BCUT2D eigenvalue weighted by molar-refractivity contribution is 6.39. The van der Waals surface area contributed by atoms with Crippen LogP contribution in [0.2, 0.25) is 5.02 Å². The summed E-state index contributed by atoms with van der Waals surface area (Å²) in [5.74, 6) is -1.76. The Kier molecular flexibility index (Phi) is 5.42. The predicted octanol–water partition coefficient (Wildman–Crippen LogP) is 1.87. The summed E-state index contributed by atoms with van der Waals surface area (Å²) in [6.07, 6.45) is 1.35. The number of hydrogen-bond donors (Lipinski definition) is 2. The van der Waals surface area contributed by atoms with E-state index in [2.05, 4.69) is 5.32 Å². The lowest BCUT2D eigenvalue weighted by Gasteiger charge is -2.26. The van der Waals surface area contributed by atoms with E-state index in [1.165, 1.54) is 30.3 Å². The smallest absolute Gasteiger partial charge is 0.335 e. The molecule has 28 heavy (non-hydrogen) atoms. The van der Waals surface area contributed by atoms with Gasteiger partial charge in [0.2, 0.25) is 0 Å². The van der Waals surface area contributed by atoms with Crippen molar-refractivity contribution in [2.45, 2.75) is 0 Å². The highest BCUT2D eigenvalue weighted by Crippen LogP contribution is 2.24. The Balaban J connectivity index is 1.86. The van der Waals surface area contributed by atoms with Crippen molar-refractivity contribution in [1.29, 1.82) is 0 Å². The normalized spacial score (nSPS) is 15.5. The Morgan fingerprint density at radius 3 is 2.32 bits per heavy atom. The molecule has 1 heterocycles. The zero-order chi connectivity index (χ0) is 20.3. The van der Waals surface area contributed by atoms with Crippen LogP contribution in [0.1, 0.15) is 5.56 Å². The molecule has 1 saturated heterocycles. The van der Waals surface area contributed by atoms with Crippen LogP contribution in [-0.2, 0) is 14.4 Å². The molecule has 5 amide bonds. The number of halogens is 1. The summed E-state index contributed by atoms with van der Waals surface area (Å²) >= 11 is 5.83. The Morgan fingerprint density at radius 1 is 1.07 bits per heavy atom. The number of rotatable bonds is 5. The number of primary amides is 1. The van der Waals surface area contributed by atoms with E-state index in [0.29, 0.717) is 16.3 Å². The van der Waals surface area contributed by atoms with E-state index in [9.17, 15) is 19.2 Å². The number of imide groups is 2. The molecule has 0 atom stereocenters. The molecule has 1 fully saturated rings. The van der Waals surface area contributed by atoms with Gasteiger partial charge >= 0.3 is 6.03 Å². The van der Waals surface area contributed by atoms with Gasteiger partial charge in [-0.25, -0.2) is 9.69 Å². The lowest BCUT2D eigenvalue weighted by Crippen LogP contribution is -2.54. The Bertz CT molecular complexity index is 984. The number of urea groups is 1. The van der Waals surface area contributed by atoms with Crippen molar-refractivity contribution in [3.8, 4) is 5.75 Å². The summed E-state index contributed by atoms with van der Waals surface area (Å²) < 4.78 is 5.15. The molecular formula is C19H14ClN3O5. The maximum atomic E-state index is 12.7. The van der Waals surface area contributed by atoms with Crippen LogP contribution in [0.5, 0.6) is 5.75 Å². The molecule has 0 saturated carbocycles. The van der Waals surface area contributed by atoms with Gasteiger partial charge in [-0.3, -0.25) is 19.7 Å². The van der Waals surface area contributed by atoms with Crippen LogP contribution in [0.3, 0.4) is 0 Å². The molecule has 2 aromatic rings. The van der Waals surface area contributed by atoms with Gasteiger partial charge in [0.1, 0.15) is 11.3 Å². The average molecular weight is 400 g/mol. The molecule has 8 nitrogen and oxygen atoms in total. The van der Waals surface area contributed by atoms with Crippen LogP contribution in [0, 0.1) is 0 Å². The summed E-state index contributed by atoms with van der Waals surface area (Å²) in [4.78, 5) is 48.6. The summed E-state index contributed by atoms with van der Waals surface area (Å²) in [5.41, 5.74) is 5.60. The first kappa shape index (κ1) is 19.1. The molecule has 142 valence electrons. The molecule has 3 N–H and O–H groups in total. The van der Waals surface area contributed by atoms with Crippen LogP contribution in [0.25, 0.3) is 6.08 Å². The van der Waals surface area contributed by atoms with E-state index in [1.807, 2.05) is 0 Å². The average Bonchev–Trinajstić information content (AvgIpc) is 2.66. The second-order valence-electron chi connectivity index (χ2n) is 5.76. The fourth-order valence-electron chi connectivity index (χ4n) is 2.46. The molecule has 3 rings (SSSR count). The van der Waals surface area contributed by atoms with Crippen LogP contribution >= 0.6 is 11.6 Å². The second kappa shape index (κ2) is 7.93. The van der Waals surface area contributed by atoms with E-state index in [1.54, 1.807) is 24.3 Å². The minimum Gasteiger partial charge on any atom is -0.484 e. The van der Waals surface area contributed by atoms with Crippen molar-refractivity contribution in [1.82, 2.24) is 5.32 Å². The third-order valence-electron chi connectivity index (χ3n) is 3.76. The number of anilines is 1. The third-order valence-corrected chi connectivity index (χ3v) is 4.01. The van der Waals surface area contributed by atoms with Gasteiger partial charge in [0.15, 0.2) is 6.61 Å². The maximum Gasteiger partial charge on any atom is 0.335 e. The number of carbonyl (C=O) groups excluding carboxylic acids is 4.